The lowest BCUT2D eigenvalue weighted by molar-refractivity contribution is 0.411. The Morgan fingerprint density at radius 3 is 2.59 bits per heavy atom. The number of benzene rings is 2. The molecule has 0 saturated carbocycles. The number of hydrogen-bond donors (Lipinski definition) is 1. The van der Waals surface area contributed by atoms with Crippen molar-refractivity contribution < 1.29 is 13.2 Å². The van der Waals surface area contributed by atoms with Crippen LogP contribution in [-0.4, -0.2) is 38.1 Å². The van der Waals surface area contributed by atoms with Crippen LogP contribution in [0.2, 0.25) is 5.02 Å². The van der Waals surface area contributed by atoms with E-state index in [4.69, 9.17) is 21.4 Å². The minimum Gasteiger partial charge on any atom is -0.494 e. The predicted molar refractivity (Wildman–Crippen MR) is 114 cm³/mol. The molecule has 0 radical (unpaired) electrons. The largest absolute Gasteiger partial charge is 0.494 e. The molecule has 8 heteroatoms. The number of rotatable bonds is 6. The van der Waals surface area contributed by atoms with Gasteiger partial charge in [0.2, 0.25) is 10.0 Å². The van der Waals surface area contributed by atoms with Crippen LogP contribution in [0.3, 0.4) is 0 Å². The number of nitrogens with one attached hydrogen (secondary N) is 1. The highest BCUT2D eigenvalue weighted by Crippen LogP contribution is 2.38. The summed E-state index contributed by atoms with van der Waals surface area (Å²) in [4.78, 5) is 0. The van der Waals surface area contributed by atoms with Crippen molar-refractivity contribution in [2.45, 2.75) is 12.8 Å². The summed E-state index contributed by atoms with van der Waals surface area (Å²) in [7, 11) is -1.57. The number of para-hydroxylation sites is 2. The molecule has 1 N–H and O–H groups in total. The fourth-order valence-electron chi connectivity index (χ4n) is 3.81. The molecule has 0 fully saturated rings. The van der Waals surface area contributed by atoms with E-state index < -0.39 is 10.0 Å². The van der Waals surface area contributed by atoms with Crippen LogP contribution >= 0.6 is 11.6 Å². The summed E-state index contributed by atoms with van der Waals surface area (Å²) in [6.07, 6.45) is 2.66. The Kier molecular flexibility index (Phi) is 5.38. The molecule has 1 unspecified atom stereocenters. The second-order valence-electron chi connectivity index (χ2n) is 7.26. The third-order valence-corrected chi connectivity index (χ3v) is 6.05. The first kappa shape index (κ1) is 19.9. The average molecular weight is 432 g/mol. The number of nitrogens with zero attached hydrogens (tertiary/aromatic N) is 2. The van der Waals surface area contributed by atoms with Gasteiger partial charge in [0.1, 0.15) is 11.4 Å². The van der Waals surface area contributed by atoms with Crippen molar-refractivity contribution >= 4 is 21.6 Å². The van der Waals surface area contributed by atoms with Crippen molar-refractivity contribution in [3.8, 4) is 22.7 Å². The Labute approximate surface area is 175 Å². The van der Waals surface area contributed by atoms with E-state index in [1.807, 2.05) is 53.2 Å². The molecule has 0 bridgehead atoms. The molecule has 1 atom stereocenters. The fraction of sp³-hybridized carbons (Fsp3) is 0.286. The van der Waals surface area contributed by atoms with Gasteiger partial charge in [0, 0.05) is 22.7 Å². The molecule has 1 heterocycles. The maximum Gasteiger partial charge on any atom is 0.208 e. The summed E-state index contributed by atoms with van der Waals surface area (Å²) in [5.74, 6) is 0.916. The van der Waals surface area contributed by atoms with E-state index in [0.29, 0.717) is 11.6 Å². The second kappa shape index (κ2) is 7.82. The van der Waals surface area contributed by atoms with Gasteiger partial charge in [0.05, 0.1) is 24.8 Å². The lowest BCUT2D eigenvalue weighted by Crippen LogP contribution is -2.28. The SMILES string of the molecule is COc1ccccc1-n1nc2c(c1-c1ccc(Cl)cc1)CC(CNS(C)(=O)=O)C2. The standard InChI is InChI=1S/C21H22ClN3O3S/c1-28-20-6-4-3-5-19(20)25-21(15-7-9-16(22)10-8-15)17-11-14(12-18(17)24-25)13-23-29(2,26)27/h3-10,14,23H,11-13H2,1-2H3. The Morgan fingerprint density at radius 2 is 1.90 bits per heavy atom. The van der Waals surface area contributed by atoms with E-state index in [2.05, 4.69) is 4.72 Å². The zero-order chi connectivity index (χ0) is 20.6. The van der Waals surface area contributed by atoms with Crippen molar-refractivity contribution in [2.24, 2.45) is 5.92 Å². The second-order valence-corrected chi connectivity index (χ2v) is 9.53. The first-order valence-electron chi connectivity index (χ1n) is 9.30. The normalized spacial score (nSPS) is 16.0. The summed E-state index contributed by atoms with van der Waals surface area (Å²) in [5.41, 5.74) is 4.98. The van der Waals surface area contributed by atoms with E-state index in [9.17, 15) is 8.42 Å². The zero-order valence-corrected chi connectivity index (χ0v) is 17.8. The molecule has 1 aliphatic rings. The number of hydrogen-bond acceptors (Lipinski definition) is 4. The van der Waals surface area contributed by atoms with Gasteiger partial charge in [-0.1, -0.05) is 35.9 Å². The first-order chi connectivity index (χ1) is 13.9. The van der Waals surface area contributed by atoms with Gasteiger partial charge in [0.25, 0.3) is 0 Å². The summed E-state index contributed by atoms with van der Waals surface area (Å²) >= 11 is 6.09. The van der Waals surface area contributed by atoms with Crippen molar-refractivity contribution in [3.05, 3.63) is 64.8 Å². The van der Waals surface area contributed by atoms with Crippen LogP contribution in [0.15, 0.2) is 48.5 Å². The maximum atomic E-state index is 11.5. The zero-order valence-electron chi connectivity index (χ0n) is 16.2. The van der Waals surface area contributed by atoms with Crippen LogP contribution < -0.4 is 9.46 Å². The highest BCUT2D eigenvalue weighted by Gasteiger charge is 2.31. The molecule has 0 spiro atoms. The number of methoxy groups -OCH3 is 1. The van der Waals surface area contributed by atoms with E-state index in [0.717, 1.165) is 46.8 Å². The van der Waals surface area contributed by atoms with Crippen molar-refractivity contribution in [1.29, 1.82) is 0 Å². The van der Waals surface area contributed by atoms with Crippen LogP contribution in [0.1, 0.15) is 11.3 Å². The molecule has 4 rings (SSSR count). The highest BCUT2D eigenvalue weighted by molar-refractivity contribution is 7.88. The third-order valence-electron chi connectivity index (χ3n) is 5.11. The van der Waals surface area contributed by atoms with Gasteiger partial charge >= 0.3 is 0 Å². The molecule has 0 saturated heterocycles. The Bertz CT molecular complexity index is 1140. The van der Waals surface area contributed by atoms with Crippen LogP contribution in [-0.2, 0) is 22.9 Å². The summed E-state index contributed by atoms with van der Waals surface area (Å²) in [5, 5.41) is 5.56. The van der Waals surface area contributed by atoms with E-state index in [1.54, 1.807) is 7.11 Å². The number of fused-ring (bicyclic) bond motifs is 1. The molecule has 152 valence electrons. The van der Waals surface area contributed by atoms with Gasteiger partial charge in [-0.15, -0.1) is 0 Å². The van der Waals surface area contributed by atoms with Gasteiger partial charge in [0.15, 0.2) is 0 Å². The van der Waals surface area contributed by atoms with Crippen molar-refractivity contribution in [1.82, 2.24) is 14.5 Å². The van der Waals surface area contributed by atoms with Gasteiger partial charge in [-0.05, 0) is 43.0 Å². The monoisotopic (exact) mass is 431 g/mol. The summed E-state index contributed by atoms with van der Waals surface area (Å²) in [6.45, 7) is 0.407. The molecule has 29 heavy (non-hydrogen) atoms. The minimum atomic E-state index is -3.22. The molecular weight excluding hydrogens is 410 g/mol. The maximum absolute atomic E-state index is 11.5. The molecule has 0 amide bonds. The predicted octanol–water partition coefficient (Wildman–Crippen LogP) is 3.47. The lowest BCUT2D eigenvalue weighted by atomic mass is 10.0. The van der Waals surface area contributed by atoms with E-state index >= 15 is 0 Å². The lowest BCUT2D eigenvalue weighted by Gasteiger charge is -2.15. The molecule has 0 aliphatic heterocycles. The highest BCUT2D eigenvalue weighted by atomic mass is 35.5. The fourth-order valence-corrected chi connectivity index (χ4v) is 4.47. The topological polar surface area (TPSA) is 73.2 Å². The van der Waals surface area contributed by atoms with E-state index in [-0.39, 0.29) is 5.92 Å². The number of halogens is 1. The number of sulfonamides is 1. The van der Waals surface area contributed by atoms with Gasteiger partial charge in [-0.3, -0.25) is 0 Å². The molecule has 6 nitrogen and oxygen atoms in total. The summed E-state index contributed by atoms with van der Waals surface area (Å²) in [6, 6.07) is 15.4. The van der Waals surface area contributed by atoms with Crippen molar-refractivity contribution in [2.75, 3.05) is 19.9 Å². The van der Waals surface area contributed by atoms with Gasteiger partial charge in [-0.25, -0.2) is 17.8 Å². The van der Waals surface area contributed by atoms with Crippen LogP contribution in [0.25, 0.3) is 16.9 Å². The Morgan fingerprint density at radius 1 is 1.17 bits per heavy atom. The molecule has 2 aromatic carbocycles. The average Bonchev–Trinajstić information content (AvgIpc) is 3.24. The molecule has 1 aromatic heterocycles. The van der Waals surface area contributed by atoms with E-state index in [1.165, 1.54) is 6.26 Å². The van der Waals surface area contributed by atoms with Crippen LogP contribution in [0, 0.1) is 5.92 Å². The van der Waals surface area contributed by atoms with Crippen LogP contribution in [0.5, 0.6) is 5.75 Å². The third kappa shape index (κ3) is 4.17. The Balaban J connectivity index is 1.78. The minimum absolute atomic E-state index is 0.181. The van der Waals surface area contributed by atoms with Crippen molar-refractivity contribution in [3.63, 3.8) is 0 Å². The van der Waals surface area contributed by atoms with Gasteiger partial charge < -0.3 is 4.74 Å². The quantitative estimate of drug-likeness (QED) is 0.648. The molecule has 1 aliphatic carbocycles. The number of aromatic nitrogens is 2. The smallest absolute Gasteiger partial charge is 0.208 e. The first-order valence-corrected chi connectivity index (χ1v) is 11.6. The Hall–Kier alpha value is -2.35. The summed E-state index contributed by atoms with van der Waals surface area (Å²) < 4.78 is 33.0. The number of ether oxygens (including phenoxy) is 1. The molecule has 3 aromatic rings. The molecular formula is C21H22ClN3O3S. The van der Waals surface area contributed by atoms with Gasteiger partial charge in [-0.2, -0.15) is 5.10 Å². The van der Waals surface area contributed by atoms with Crippen LogP contribution in [0.4, 0.5) is 0 Å².